The van der Waals surface area contributed by atoms with Gasteiger partial charge in [0.2, 0.25) is 23.6 Å². The van der Waals surface area contributed by atoms with Gasteiger partial charge in [0.1, 0.15) is 0 Å². The van der Waals surface area contributed by atoms with Crippen molar-refractivity contribution in [1.29, 1.82) is 0 Å². The van der Waals surface area contributed by atoms with Crippen LogP contribution in [0.15, 0.2) is 0 Å². The normalized spacial score (nSPS) is 10.9. The molecule has 0 aromatic heterocycles. The number of amides is 4. The van der Waals surface area contributed by atoms with Crippen LogP contribution in [-0.2, 0) is 38.4 Å². The average molecular weight is 745 g/mol. The van der Waals surface area contributed by atoms with Crippen LogP contribution in [0.5, 0.6) is 0 Å². The Labute approximate surface area is 305 Å². The Kier molecular flexibility index (Phi) is 28.8. The lowest BCUT2D eigenvalue weighted by Gasteiger charge is -2.26. The number of carboxylic acid groups (broad SMARTS) is 4. The monoisotopic (exact) mass is 744 g/mol. The minimum absolute atomic E-state index is 0.0442. The maximum Gasteiger partial charge on any atom is 0.303 e. The molecule has 8 N–H and O–H groups in total. The molecular formula is C34H60N6O12. The second-order valence-corrected chi connectivity index (χ2v) is 12.6. The molecule has 0 saturated heterocycles. The fourth-order valence-electron chi connectivity index (χ4n) is 4.97. The van der Waals surface area contributed by atoms with Gasteiger partial charge < -0.3 is 41.7 Å². The van der Waals surface area contributed by atoms with E-state index in [-0.39, 0.29) is 88.6 Å². The maximum absolute atomic E-state index is 12.8. The zero-order chi connectivity index (χ0) is 39.0. The highest BCUT2D eigenvalue weighted by atomic mass is 16.4. The largest absolute Gasteiger partial charge is 0.481 e. The lowest BCUT2D eigenvalue weighted by atomic mass is 10.2. The summed E-state index contributed by atoms with van der Waals surface area (Å²) in [4.78, 5) is 97.2. The van der Waals surface area contributed by atoms with Crippen molar-refractivity contribution in [1.82, 2.24) is 31.1 Å². The first-order valence-corrected chi connectivity index (χ1v) is 18.2. The summed E-state index contributed by atoms with van der Waals surface area (Å²) in [7, 11) is 0. The van der Waals surface area contributed by atoms with Gasteiger partial charge in [0.15, 0.2) is 0 Å². The van der Waals surface area contributed by atoms with Crippen LogP contribution in [0.3, 0.4) is 0 Å². The van der Waals surface area contributed by atoms with Crippen LogP contribution in [0.1, 0.15) is 103 Å². The molecule has 0 bridgehead atoms. The van der Waals surface area contributed by atoms with E-state index in [1.54, 1.807) is 9.80 Å². The summed E-state index contributed by atoms with van der Waals surface area (Å²) < 4.78 is 0. The first-order valence-electron chi connectivity index (χ1n) is 18.2. The number of carbonyl (C=O) groups is 8. The number of unbranched alkanes of at least 4 members (excludes halogenated alkanes) is 8. The molecule has 0 aromatic carbocycles. The van der Waals surface area contributed by atoms with Gasteiger partial charge in [-0.25, -0.2) is 0 Å². The Bertz CT molecular complexity index is 943. The van der Waals surface area contributed by atoms with E-state index < -0.39 is 23.9 Å². The van der Waals surface area contributed by atoms with Crippen molar-refractivity contribution in [2.45, 2.75) is 103 Å². The van der Waals surface area contributed by atoms with Gasteiger partial charge in [-0.15, -0.1) is 0 Å². The molecule has 0 rings (SSSR count). The number of carboxylic acids is 4. The zero-order valence-electron chi connectivity index (χ0n) is 30.3. The number of nitrogens with zero attached hydrogens (tertiary/aromatic N) is 2. The molecule has 52 heavy (non-hydrogen) atoms. The van der Waals surface area contributed by atoms with Crippen LogP contribution >= 0.6 is 0 Å². The number of nitrogens with one attached hydrogen (secondary N) is 4. The Morgan fingerprint density at radius 2 is 0.538 bits per heavy atom. The fraction of sp³-hybridized carbons (Fsp3) is 0.765. The molecule has 0 fully saturated rings. The van der Waals surface area contributed by atoms with E-state index in [1.165, 1.54) is 0 Å². The van der Waals surface area contributed by atoms with Crippen LogP contribution in [0.2, 0.25) is 0 Å². The van der Waals surface area contributed by atoms with Crippen LogP contribution in [0, 0.1) is 0 Å². The van der Waals surface area contributed by atoms with Crippen molar-refractivity contribution < 1.29 is 58.8 Å². The topological polar surface area (TPSA) is 272 Å². The Balaban J connectivity index is 5.33. The average Bonchev–Trinajstić information content (AvgIpc) is 3.05. The van der Waals surface area contributed by atoms with E-state index in [0.29, 0.717) is 103 Å². The lowest BCUT2D eigenvalue weighted by Crippen LogP contribution is -2.49. The molecule has 0 aliphatic carbocycles. The molecule has 0 aliphatic heterocycles. The minimum atomic E-state index is -0.886. The van der Waals surface area contributed by atoms with Crippen LogP contribution in [0.4, 0.5) is 0 Å². The smallest absolute Gasteiger partial charge is 0.303 e. The minimum Gasteiger partial charge on any atom is -0.481 e. The maximum atomic E-state index is 12.8. The van der Waals surface area contributed by atoms with E-state index in [1.807, 2.05) is 0 Å². The van der Waals surface area contributed by atoms with Crippen molar-refractivity contribution in [2.24, 2.45) is 0 Å². The molecule has 0 atom stereocenters. The summed E-state index contributed by atoms with van der Waals surface area (Å²) in [5.74, 6) is -4.96. The van der Waals surface area contributed by atoms with Gasteiger partial charge in [-0.2, -0.15) is 0 Å². The highest BCUT2D eigenvalue weighted by Crippen LogP contribution is 2.02. The molecule has 4 amide bonds. The van der Waals surface area contributed by atoms with E-state index >= 15 is 0 Å². The number of carbonyl (C=O) groups excluding carboxylic acids is 4. The second kappa shape index (κ2) is 31.4. The molecule has 298 valence electrons. The van der Waals surface area contributed by atoms with Gasteiger partial charge in [0.25, 0.3) is 0 Å². The van der Waals surface area contributed by atoms with Gasteiger partial charge in [-0.1, -0.05) is 25.7 Å². The first kappa shape index (κ1) is 47.7. The zero-order valence-corrected chi connectivity index (χ0v) is 30.3. The molecule has 0 aromatic rings. The second-order valence-electron chi connectivity index (χ2n) is 12.6. The SMILES string of the molecule is O=C(O)CCCCCNC(=O)CN(CCN(CC(=O)NCCCCCC(=O)O)CC(=O)NCCCCCC(=O)O)CC(=O)NCCCCCC(=O)O. The Morgan fingerprint density at radius 1 is 0.327 bits per heavy atom. The molecule has 0 spiro atoms. The molecule has 0 saturated carbocycles. The van der Waals surface area contributed by atoms with Crippen LogP contribution in [-0.4, -0.2) is 143 Å². The standard InChI is InChI=1S/C34H60N6O12/c41-27(35-17-9-1-5-13-31(45)46)23-39(24-28(42)36-18-10-2-6-14-32(47)48)21-22-40(25-29(43)37-19-11-3-7-15-33(49)50)26-30(44)38-20-12-4-8-16-34(51)52/h1-26H2,(H,35,41)(H,36,42)(H,37,43)(H,38,44)(H,45,46)(H,47,48)(H,49,50)(H,51,52). The highest BCUT2D eigenvalue weighted by Gasteiger charge is 2.19. The Morgan fingerprint density at radius 3 is 0.731 bits per heavy atom. The summed E-state index contributed by atoms with van der Waals surface area (Å²) in [6.07, 6.45) is 6.93. The quantitative estimate of drug-likeness (QED) is 0.0414. The van der Waals surface area contributed by atoms with Crippen LogP contribution in [0.25, 0.3) is 0 Å². The number of hydrogen-bond acceptors (Lipinski definition) is 10. The van der Waals surface area contributed by atoms with E-state index in [4.69, 9.17) is 20.4 Å². The Hall–Kier alpha value is -4.32. The van der Waals surface area contributed by atoms with Gasteiger partial charge in [0.05, 0.1) is 26.2 Å². The van der Waals surface area contributed by atoms with E-state index in [9.17, 15) is 38.4 Å². The van der Waals surface area contributed by atoms with Crippen molar-refractivity contribution in [2.75, 3.05) is 65.4 Å². The fourth-order valence-corrected chi connectivity index (χ4v) is 4.97. The summed E-state index contributed by atoms with van der Waals surface area (Å²) in [6, 6.07) is 0. The summed E-state index contributed by atoms with van der Waals surface area (Å²) in [5.41, 5.74) is 0. The van der Waals surface area contributed by atoms with Gasteiger partial charge in [-0.05, 0) is 51.4 Å². The summed E-state index contributed by atoms with van der Waals surface area (Å²) in [6.45, 7) is 0.982. The third kappa shape index (κ3) is 32.9. The van der Waals surface area contributed by atoms with Crippen molar-refractivity contribution >= 4 is 47.5 Å². The van der Waals surface area contributed by atoms with Gasteiger partial charge in [0, 0.05) is 65.0 Å². The predicted molar refractivity (Wildman–Crippen MR) is 189 cm³/mol. The molecule has 18 nitrogen and oxygen atoms in total. The summed E-state index contributed by atoms with van der Waals surface area (Å²) in [5, 5.41) is 46.2. The number of rotatable bonds is 35. The number of hydrogen-bond donors (Lipinski definition) is 8. The summed E-state index contributed by atoms with van der Waals surface area (Å²) >= 11 is 0. The lowest BCUT2D eigenvalue weighted by molar-refractivity contribution is -0.138. The van der Waals surface area contributed by atoms with E-state index in [0.717, 1.165) is 0 Å². The first-order chi connectivity index (χ1) is 24.8. The molecular weight excluding hydrogens is 684 g/mol. The highest BCUT2D eigenvalue weighted by molar-refractivity contribution is 5.82. The van der Waals surface area contributed by atoms with Gasteiger partial charge >= 0.3 is 23.9 Å². The third-order valence-corrected chi connectivity index (χ3v) is 7.76. The number of aliphatic carboxylic acids is 4. The molecule has 0 unspecified atom stereocenters. The molecule has 0 aliphatic rings. The van der Waals surface area contributed by atoms with E-state index in [2.05, 4.69) is 21.3 Å². The predicted octanol–water partition coefficient (Wildman–Crippen LogP) is 0.635. The van der Waals surface area contributed by atoms with Crippen molar-refractivity contribution in [3.8, 4) is 0 Å². The van der Waals surface area contributed by atoms with Crippen LogP contribution < -0.4 is 21.3 Å². The molecule has 0 heterocycles. The molecule has 0 radical (unpaired) electrons. The van der Waals surface area contributed by atoms with Crippen molar-refractivity contribution in [3.05, 3.63) is 0 Å². The third-order valence-electron chi connectivity index (χ3n) is 7.76. The van der Waals surface area contributed by atoms with Gasteiger partial charge in [-0.3, -0.25) is 48.2 Å². The molecule has 18 heteroatoms. The van der Waals surface area contributed by atoms with Crippen molar-refractivity contribution in [3.63, 3.8) is 0 Å².